The van der Waals surface area contributed by atoms with Crippen LogP contribution in [0.1, 0.15) is 62.3 Å². The number of carbonyl (C=O) groups excluding carboxylic acids is 2. The number of ether oxygens (including phenoxy) is 1. The maximum Gasteiger partial charge on any atom is 0.253 e. The number of amides is 2. The van der Waals surface area contributed by atoms with E-state index in [1.807, 2.05) is 24.4 Å². The molecule has 2 amide bonds. The molecule has 2 N–H and O–H groups in total. The van der Waals surface area contributed by atoms with E-state index in [1.54, 1.807) is 54.7 Å². The van der Waals surface area contributed by atoms with E-state index in [2.05, 4.69) is 27.8 Å². The molecule has 1 aliphatic rings. The van der Waals surface area contributed by atoms with Gasteiger partial charge in [0.25, 0.3) is 11.8 Å². The van der Waals surface area contributed by atoms with Gasteiger partial charge >= 0.3 is 0 Å². The highest BCUT2D eigenvalue weighted by Crippen LogP contribution is 2.29. The minimum atomic E-state index is -0.167. The van der Waals surface area contributed by atoms with Crippen molar-refractivity contribution in [3.8, 4) is 5.75 Å². The Bertz CT molecular complexity index is 1180. The average Bonchev–Trinajstić information content (AvgIpc) is 3.52. The molecule has 2 unspecified atom stereocenters. The monoisotopic (exact) mass is 492 g/mol. The van der Waals surface area contributed by atoms with Gasteiger partial charge in [-0.05, 0) is 62.1 Å². The van der Waals surface area contributed by atoms with Crippen molar-refractivity contribution < 1.29 is 14.3 Å². The van der Waals surface area contributed by atoms with Crippen molar-refractivity contribution in [2.45, 2.75) is 44.8 Å². The molecule has 0 radical (unpaired) electrons. The minimum absolute atomic E-state index is 0.135. The predicted octanol–water partition coefficient (Wildman–Crippen LogP) is 4.35. The fourth-order valence-corrected chi connectivity index (χ4v) is 5.04. The maximum atomic E-state index is 12.9. The van der Waals surface area contributed by atoms with E-state index in [0.29, 0.717) is 36.3 Å². The smallest absolute Gasteiger partial charge is 0.253 e. The van der Waals surface area contributed by atoms with E-state index in [-0.39, 0.29) is 11.8 Å². The first-order valence-corrected chi connectivity index (χ1v) is 12.8. The largest absolute Gasteiger partial charge is 0.497 e. The van der Waals surface area contributed by atoms with Gasteiger partial charge in [-0.2, -0.15) is 0 Å². The number of rotatable bonds is 9. The summed E-state index contributed by atoms with van der Waals surface area (Å²) in [5.41, 5.74) is 3.08. The molecule has 0 aliphatic carbocycles. The molecule has 0 spiro atoms. The third kappa shape index (κ3) is 6.46. The number of hydrogen-bond donors (Lipinski definition) is 2. The van der Waals surface area contributed by atoms with Crippen molar-refractivity contribution in [2.75, 3.05) is 20.7 Å². The lowest BCUT2D eigenvalue weighted by Crippen LogP contribution is -2.31. The molecule has 35 heavy (non-hydrogen) atoms. The Balaban J connectivity index is 1.26. The SMILES string of the molecule is COc1cccc(C2CCC(CCNC(=O)c3cccc(C(=O)N(C)Cc4csc(C)n4)c3)N2)c1. The van der Waals surface area contributed by atoms with Crippen LogP contribution in [-0.2, 0) is 6.54 Å². The van der Waals surface area contributed by atoms with Gasteiger partial charge < -0.3 is 20.3 Å². The Morgan fingerprint density at radius 3 is 2.74 bits per heavy atom. The highest BCUT2D eigenvalue weighted by atomic mass is 32.1. The van der Waals surface area contributed by atoms with Crippen LogP contribution < -0.4 is 15.4 Å². The fraction of sp³-hybridized carbons (Fsp3) is 0.370. The van der Waals surface area contributed by atoms with E-state index in [0.717, 1.165) is 35.7 Å². The number of aryl methyl sites for hydroxylation is 1. The average molecular weight is 493 g/mol. The van der Waals surface area contributed by atoms with Gasteiger partial charge in [0, 0.05) is 42.2 Å². The Kier molecular flexibility index (Phi) is 8.15. The Morgan fingerprint density at radius 2 is 1.97 bits per heavy atom. The van der Waals surface area contributed by atoms with Crippen LogP contribution in [0.25, 0.3) is 0 Å². The van der Waals surface area contributed by atoms with Crippen LogP contribution in [0.3, 0.4) is 0 Å². The second-order valence-corrected chi connectivity index (χ2v) is 9.98. The first-order chi connectivity index (χ1) is 16.9. The van der Waals surface area contributed by atoms with Crippen molar-refractivity contribution in [3.63, 3.8) is 0 Å². The molecule has 2 atom stereocenters. The van der Waals surface area contributed by atoms with E-state index < -0.39 is 0 Å². The molecule has 0 saturated carbocycles. The molecule has 2 aromatic carbocycles. The summed E-state index contributed by atoms with van der Waals surface area (Å²) in [5, 5.41) is 9.61. The first kappa shape index (κ1) is 24.9. The summed E-state index contributed by atoms with van der Waals surface area (Å²) in [4.78, 5) is 31.6. The van der Waals surface area contributed by atoms with E-state index in [9.17, 15) is 9.59 Å². The van der Waals surface area contributed by atoms with Crippen molar-refractivity contribution in [1.29, 1.82) is 0 Å². The van der Waals surface area contributed by atoms with Gasteiger partial charge in [0.2, 0.25) is 0 Å². The zero-order valence-corrected chi connectivity index (χ0v) is 21.2. The Labute approximate surface area is 210 Å². The molecular formula is C27H32N4O3S. The van der Waals surface area contributed by atoms with Gasteiger partial charge in [0.15, 0.2) is 0 Å². The van der Waals surface area contributed by atoms with Crippen LogP contribution in [0.2, 0.25) is 0 Å². The van der Waals surface area contributed by atoms with E-state index >= 15 is 0 Å². The molecule has 8 heteroatoms. The van der Waals surface area contributed by atoms with Crippen LogP contribution in [-0.4, -0.2) is 48.4 Å². The van der Waals surface area contributed by atoms with Crippen LogP contribution in [0.4, 0.5) is 0 Å². The van der Waals surface area contributed by atoms with Gasteiger partial charge in [0.05, 0.1) is 24.4 Å². The molecule has 4 rings (SSSR count). The molecule has 1 saturated heterocycles. The summed E-state index contributed by atoms with van der Waals surface area (Å²) in [7, 11) is 3.43. The van der Waals surface area contributed by atoms with Gasteiger partial charge in [-0.3, -0.25) is 9.59 Å². The van der Waals surface area contributed by atoms with Crippen LogP contribution >= 0.6 is 11.3 Å². The van der Waals surface area contributed by atoms with Crippen LogP contribution in [0, 0.1) is 6.92 Å². The summed E-state index contributed by atoms with van der Waals surface area (Å²) in [5.74, 6) is 0.564. The molecule has 2 heterocycles. The van der Waals surface area contributed by atoms with Crippen LogP contribution in [0.15, 0.2) is 53.9 Å². The number of nitrogens with zero attached hydrogens (tertiary/aromatic N) is 2. The lowest BCUT2D eigenvalue weighted by atomic mass is 10.0. The number of benzene rings is 2. The summed E-state index contributed by atoms with van der Waals surface area (Å²) >= 11 is 1.57. The number of hydrogen-bond acceptors (Lipinski definition) is 6. The first-order valence-electron chi connectivity index (χ1n) is 11.9. The normalized spacial score (nSPS) is 17.2. The zero-order chi connectivity index (χ0) is 24.8. The molecule has 3 aromatic rings. The highest BCUT2D eigenvalue weighted by molar-refractivity contribution is 7.09. The number of aromatic nitrogens is 1. The van der Waals surface area contributed by atoms with E-state index in [1.165, 1.54) is 5.56 Å². The second-order valence-electron chi connectivity index (χ2n) is 8.91. The van der Waals surface area contributed by atoms with Crippen molar-refractivity contribution in [3.05, 3.63) is 81.3 Å². The fourth-order valence-electron chi connectivity index (χ4n) is 4.44. The van der Waals surface area contributed by atoms with E-state index in [4.69, 9.17) is 4.74 Å². The second kappa shape index (κ2) is 11.5. The lowest BCUT2D eigenvalue weighted by Gasteiger charge is -2.17. The summed E-state index contributed by atoms with van der Waals surface area (Å²) in [6.07, 6.45) is 2.97. The molecule has 1 fully saturated rings. The third-order valence-corrected chi connectivity index (χ3v) is 7.12. The molecular weight excluding hydrogens is 460 g/mol. The molecule has 0 bridgehead atoms. The summed E-state index contributed by atoms with van der Waals surface area (Å²) in [6, 6.07) is 15.7. The molecule has 1 aliphatic heterocycles. The summed E-state index contributed by atoms with van der Waals surface area (Å²) in [6.45, 7) is 2.95. The topological polar surface area (TPSA) is 83.6 Å². The number of thiazole rings is 1. The highest BCUT2D eigenvalue weighted by Gasteiger charge is 2.25. The predicted molar refractivity (Wildman–Crippen MR) is 138 cm³/mol. The molecule has 1 aromatic heterocycles. The zero-order valence-electron chi connectivity index (χ0n) is 20.4. The quantitative estimate of drug-likeness (QED) is 0.464. The number of methoxy groups -OCH3 is 1. The number of carbonyl (C=O) groups is 2. The Morgan fingerprint density at radius 1 is 1.17 bits per heavy atom. The standard InChI is InChI=1S/C27H32N4O3S/c1-18-29-23(17-35-18)16-31(2)27(33)21-8-4-7-20(14-21)26(32)28-13-12-22-10-11-25(30-22)19-6-5-9-24(15-19)34-3/h4-9,14-15,17,22,25,30H,10-13,16H2,1-3H3,(H,28,32). The summed E-state index contributed by atoms with van der Waals surface area (Å²) < 4.78 is 5.34. The molecule has 184 valence electrons. The van der Waals surface area contributed by atoms with Gasteiger partial charge in [0.1, 0.15) is 5.75 Å². The number of nitrogens with one attached hydrogen (secondary N) is 2. The molecule has 7 nitrogen and oxygen atoms in total. The van der Waals surface area contributed by atoms with Gasteiger partial charge in [-0.25, -0.2) is 4.98 Å². The van der Waals surface area contributed by atoms with Crippen molar-refractivity contribution in [1.82, 2.24) is 20.5 Å². The lowest BCUT2D eigenvalue weighted by molar-refractivity contribution is 0.0783. The van der Waals surface area contributed by atoms with Gasteiger partial charge in [-0.1, -0.05) is 18.2 Å². The van der Waals surface area contributed by atoms with Crippen molar-refractivity contribution in [2.24, 2.45) is 0 Å². The third-order valence-electron chi connectivity index (χ3n) is 6.30. The Hall–Kier alpha value is -3.23. The van der Waals surface area contributed by atoms with Crippen molar-refractivity contribution >= 4 is 23.2 Å². The van der Waals surface area contributed by atoms with Crippen LogP contribution in [0.5, 0.6) is 5.75 Å². The minimum Gasteiger partial charge on any atom is -0.497 e. The maximum absolute atomic E-state index is 12.9. The van der Waals surface area contributed by atoms with Gasteiger partial charge in [-0.15, -0.1) is 11.3 Å².